The first-order valence-electron chi connectivity index (χ1n) is 7.97. The van der Waals surface area contributed by atoms with Crippen molar-refractivity contribution in [3.8, 4) is 17.6 Å². The van der Waals surface area contributed by atoms with Gasteiger partial charge in [-0.1, -0.05) is 12.1 Å². The van der Waals surface area contributed by atoms with E-state index in [4.69, 9.17) is 15.2 Å². The summed E-state index contributed by atoms with van der Waals surface area (Å²) in [5.74, 6) is 0.570. The van der Waals surface area contributed by atoms with Crippen LogP contribution in [0.3, 0.4) is 0 Å². The smallest absolute Gasteiger partial charge is 0.258 e. The van der Waals surface area contributed by atoms with Crippen LogP contribution in [0.15, 0.2) is 46.6 Å². The predicted molar refractivity (Wildman–Crippen MR) is 93.4 cm³/mol. The molecule has 0 saturated heterocycles. The van der Waals surface area contributed by atoms with Gasteiger partial charge in [0.2, 0.25) is 5.88 Å². The number of methoxy groups -OCH3 is 1. The number of hydrogen-bond acceptors (Lipinski definition) is 5. The SMILES string of the molecule is CCn1c(C)cc2c(c1=O)C(c1ccc(OC)cc1)C(C#N)=C(N)O2. The van der Waals surface area contributed by atoms with Crippen molar-refractivity contribution in [2.75, 3.05) is 7.11 Å². The summed E-state index contributed by atoms with van der Waals surface area (Å²) in [7, 11) is 1.58. The number of benzene rings is 1. The molecule has 6 nitrogen and oxygen atoms in total. The molecule has 1 aliphatic heterocycles. The molecule has 3 rings (SSSR count). The molecule has 0 saturated carbocycles. The van der Waals surface area contributed by atoms with E-state index >= 15 is 0 Å². The van der Waals surface area contributed by atoms with E-state index in [9.17, 15) is 10.1 Å². The van der Waals surface area contributed by atoms with E-state index in [2.05, 4.69) is 6.07 Å². The zero-order chi connectivity index (χ0) is 18.1. The Bertz CT molecular complexity index is 950. The molecule has 128 valence electrons. The van der Waals surface area contributed by atoms with Crippen LogP contribution in [0.1, 0.15) is 29.7 Å². The van der Waals surface area contributed by atoms with Gasteiger partial charge in [-0.3, -0.25) is 4.79 Å². The predicted octanol–water partition coefficient (Wildman–Crippen LogP) is 2.40. The van der Waals surface area contributed by atoms with Crippen molar-refractivity contribution in [1.82, 2.24) is 4.57 Å². The molecule has 0 radical (unpaired) electrons. The minimum Gasteiger partial charge on any atom is -0.497 e. The lowest BCUT2D eigenvalue weighted by molar-refractivity contribution is 0.388. The second-order valence-corrected chi connectivity index (χ2v) is 5.81. The average molecular weight is 337 g/mol. The molecule has 1 atom stereocenters. The van der Waals surface area contributed by atoms with Crippen molar-refractivity contribution in [1.29, 1.82) is 5.26 Å². The molecule has 2 aromatic rings. The number of allylic oxidation sites excluding steroid dienone is 1. The van der Waals surface area contributed by atoms with E-state index in [1.807, 2.05) is 26.0 Å². The summed E-state index contributed by atoms with van der Waals surface area (Å²) in [6.45, 7) is 4.28. The molecule has 0 bridgehead atoms. The first-order chi connectivity index (χ1) is 12.0. The molecule has 2 N–H and O–H groups in total. The maximum Gasteiger partial charge on any atom is 0.258 e. The molecule has 1 aromatic carbocycles. The zero-order valence-electron chi connectivity index (χ0n) is 14.4. The van der Waals surface area contributed by atoms with Gasteiger partial charge in [0.25, 0.3) is 5.56 Å². The van der Waals surface area contributed by atoms with E-state index in [-0.39, 0.29) is 17.0 Å². The number of nitriles is 1. The molecule has 6 heteroatoms. The molecule has 1 aromatic heterocycles. The zero-order valence-corrected chi connectivity index (χ0v) is 14.4. The van der Waals surface area contributed by atoms with Crippen LogP contribution in [0.4, 0.5) is 0 Å². The van der Waals surface area contributed by atoms with Crippen molar-refractivity contribution in [3.63, 3.8) is 0 Å². The third kappa shape index (κ3) is 2.64. The van der Waals surface area contributed by atoms with E-state index < -0.39 is 5.92 Å². The van der Waals surface area contributed by atoms with Crippen LogP contribution in [-0.2, 0) is 6.54 Å². The van der Waals surface area contributed by atoms with Gasteiger partial charge in [-0.05, 0) is 31.5 Å². The fourth-order valence-corrected chi connectivity index (χ4v) is 3.21. The lowest BCUT2D eigenvalue weighted by Gasteiger charge is -2.27. The fourth-order valence-electron chi connectivity index (χ4n) is 3.21. The number of fused-ring (bicyclic) bond motifs is 1. The summed E-state index contributed by atoms with van der Waals surface area (Å²) in [6, 6.07) is 11.1. The summed E-state index contributed by atoms with van der Waals surface area (Å²) >= 11 is 0. The number of ether oxygens (including phenoxy) is 2. The van der Waals surface area contributed by atoms with Crippen LogP contribution >= 0.6 is 0 Å². The lowest BCUT2D eigenvalue weighted by atomic mass is 9.84. The van der Waals surface area contributed by atoms with E-state index in [1.165, 1.54) is 0 Å². The quantitative estimate of drug-likeness (QED) is 0.929. The highest BCUT2D eigenvalue weighted by atomic mass is 16.5. The third-order valence-electron chi connectivity index (χ3n) is 4.46. The minimum atomic E-state index is -0.564. The summed E-state index contributed by atoms with van der Waals surface area (Å²) < 4.78 is 12.4. The Morgan fingerprint density at radius 3 is 2.60 bits per heavy atom. The summed E-state index contributed by atoms with van der Waals surface area (Å²) in [4.78, 5) is 13.0. The van der Waals surface area contributed by atoms with Gasteiger partial charge in [-0.2, -0.15) is 5.26 Å². The summed E-state index contributed by atoms with van der Waals surface area (Å²) in [5.41, 5.74) is 8.03. The van der Waals surface area contributed by atoms with Gasteiger partial charge in [-0.15, -0.1) is 0 Å². The van der Waals surface area contributed by atoms with E-state index in [0.29, 0.717) is 23.6 Å². The van der Waals surface area contributed by atoms with Crippen LogP contribution in [0, 0.1) is 18.3 Å². The third-order valence-corrected chi connectivity index (χ3v) is 4.46. The second kappa shape index (κ2) is 6.36. The number of rotatable bonds is 3. The van der Waals surface area contributed by atoms with Gasteiger partial charge < -0.3 is 19.8 Å². The minimum absolute atomic E-state index is 0.0314. The lowest BCUT2D eigenvalue weighted by Crippen LogP contribution is -2.32. The molecular formula is C19H19N3O3. The molecular weight excluding hydrogens is 318 g/mol. The Hall–Kier alpha value is -3.20. The first-order valence-corrected chi connectivity index (χ1v) is 7.97. The van der Waals surface area contributed by atoms with Crippen LogP contribution in [0.5, 0.6) is 11.5 Å². The standard InChI is InChI=1S/C19H19N3O3/c1-4-22-11(2)9-15-17(19(22)23)16(14(10-20)18(21)25-15)12-5-7-13(24-3)8-6-12/h5-9,16H,4,21H2,1-3H3. The molecule has 1 aliphatic rings. The molecule has 0 fully saturated rings. The topological polar surface area (TPSA) is 90.3 Å². The Morgan fingerprint density at radius 2 is 2.04 bits per heavy atom. The average Bonchev–Trinajstić information content (AvgIpc) is 2.61. The summed E-state index contributed by atoms with van der Waals surface area (Å²) in [6.07, 6.45) is 0. The van der Waals surface area contributed by atoms with Gasteiger partial charge in [0, 0.05) is 18.3 Å². The van der Waals surface area contributed by atoms with Gasteiger partial charge in [0.15, 0.2) is 0 Å². The van der Waals surface area contributed by atoms with Crippen molar-refractivity contribution in [3.05, 3.63) is 69.0 Å². The molecule has 0 aliphatic carbocycles. The summed E-state index contributed by atoms with van der Waals surface area (Å²) in [5, 5.41) is 9.59. The van der Waals surface area contributed by atoms with Crippen LogP contribution in [-0.4, -0.2) is 11.7 Å². The molecule has 25 heavy (non-hydrogen) atoms. The molecule has 0 spiro atoms. The monoisotopic (exact) mass is 337 g/mol. The molecule has 0 amide bonds. The van der Waals surface area contributed by atoms with Gasteiger partial charge >= 0.3 is 0 Å². The van der Waals surface area contributed by atoms with E-state index in [0.717, 1.165) is 11.3 Å². The number of hydrogen-bond donors (Lipinski definition) is 1. The van der Waals surface area contributed by atoms with Gasteiger partial charge in [0.1, 0.15) is 23.1 Å². The Labute approximate surface area is 145 Å². The normalized spacial score (nSPS) is 16.0. The van der Waals surface area contributed by atoms with Gasteiger partial charge in [0.05, 0.1) is 18.6 Å². The maximum absolute atomic E-state index is 13.0. The fraction of sp³-hybridized carbons (Fsp3) is 0.263. The van der Waals surface area contributed by atoms with E-state index in [1.54, 1.807) is 29.9 Å². The van der Waals surface area contributed by atoms with Crippen molar-refractivity contribution < 1.29 is 9.47 Å². The highest BCUT2D eigenvalue weighted by molar-refractivity contribution is 5.55. The van der Waals surface area contributed by atoms with Crippen LogP contribution < -0.4 is 20.8 Å². The number of pyridine rings is 1. The highest BCUT2D eigenvalue weighted by Crippen LogP contribution is 2.40. The number of aryl methyl sites for hydroxylation is 1. The second-order valence-electron chi connectivity index (χ2n) is 5.81. The van der Waals surface area contributed by atoms with Gasteiger partial charge in [-0.25, -0.2) is 0 Å². The maximum atomic E-state index is 13.0. The molecule has 2 heterocycles. The van der Waals surface area contributed by atoms with Crippen LogP contribution in [0.2, 0.25) is 0 Å². The van der Waals surface area contributed by atoms with Crippen LogP contribution in [0.25, 0.3) is 0 Å². The molecule has 1 unspecified atom stereocenters. The Balaban J connectivity index is 2.29. The van der Waals surface area contributed by atoms with Crippen molar-refractivity contribution >= 4 is 0 Å². The number of nitrogens with two attached hydrogens (primary N) is 1. The largest absolute Gasteiger partial charge is 0.497 e. The highest BCUT2D eigenvalue weighted by Gasteiger charge is 2.34. The van der Waals surface area contributed by atoms with Crippen molar-refractivity contribution in [2.24, 2.45) is 5.73 Å². The Morgan fingerprint density at radius 1 is 1.36 bits per heavy atom. The number of nitrogens with zero attached hydrogens (tertiary/aromatic N) is 2. The Kier molecular flexibility index (Phi) is 4.24. The van der Waals surface area contributed by atoms with Crippen molar-refractivity contribution in [2.45, 2.75) is 26.3 Å². The first kappa shape index (κ1) is 16.7. The number of aromatic nitrogens is 1.